The molecule has 0 bridgehead atoms. The number of allylic oxidation sites excluding steroid dienone is 1. The monoisotopic (exact) mass is 224 g/mol. The normalized spacial score (nSPS) is 15.9. The van der Waals surface area contributed by atoms with Gasteiger partial charge in [-0.15, -0.1) is 0 Å². The van der Waals surface area contributed by atoms with Crippen LogP contribution in [0, 0.1) is 17.3 Å². The molecule has 0 heteroatoms. The molecular weight excluding hydrogens is 192 g/mol. The lowest BCUT2D eigenvalue weighted by Crippen LogP contribution is -2.34. The Hall–Kier alpha value is -0.260. The first-order chi connectivity index (χ1) is 7.49. The molecule has 0 aromatic rings. The fraction of sp³-hybridized carbons (Fsp3) is 0.875. The molecular formula is C16H32. The second kappa shape index (κ2) is 7.14. The average molecular weight is 224 g/mol. The van der Waals surface area contributed by atoms with E-state index in [0.717, 1.165) is 11.8 Å². The molecule has 0 radical (unpaired) electrons. The average Bonchev–Trinajstić information content (AvgIpc) is 2.28. The molecule has 0 N–H and O–H groups in total. The standard InChI is InChI=1S/C16H32/c1-8-12-15(14(7)9-2)16(10-3,11-4)13(5)6/h14-15H,5,8-12H2,1-4,6-7H3. The molecule has 0 aliphatic rings. The molecule has 0 heterocycles. The summed E-state index contributed by atoms with van der Waals surface area (Å²) in [7, 11) is 0. The van der Waals surface area contributed by atoms with Crippen LogP contribution in [0.5, 0.6) is 0 Å². The summed E-state index contributed by atoms with van der Waals surface area (Å²) >= 11 is 0. The van der Waals surface area contributed by atoms with Gasteiger partial charge in [0, 0.05) is 0 Å². The molecule has 0 aromatic carbocycles. The maximum absolute atomic E-state index is 4.29. The summed E-state index contributed by atoms with van der Waals surface area (Å²) in [5.41, 5.74) is 1.78. The Kier molecular flexibility index (Phi) is 7.03. The first kappa shape index (κ1) is 15.7. The van der Waals surface area contributed by atoms with Crippen molar-refractivity contribution < 1.29 is 0 Å². The highest BCUT2D eigenvalue weighted by atomic mass is 14.4. The van der Waals surface area contributed by atoms with Crippen LogP contribution in [-0.2, 0) is 0 Å². The van der Waals surface area contributed by atoms with Crippen LogP contribution < -0.4 is 0 Å². The van der Waals surface area contributed by atoms with Gasteiger partial charge in [-0.3, -0.25) is 0 Å². The predicted molar refractivity (Wildman–Crippen MR) is 75.7 cm³/mol. The van der Waals surface area contributed by atoms with Gasteiger partial charge in [0.1, 0.15) is 0 Å². The van der Waals surface area contributed by atoms with Gasteiger partial charge in [-0.2, -0.15) is 0 Å². The number of hydrogen-bond acceptors (Lipinski definition) is 0. The SMILES string of the molecule is C=C(C)C(CC)(CC)C(CCC)C(C)CC. The minimum Gasteiger partial charge on any atom is -0.0996 e. The fourth-order valence-electron chi connectivity index (χ4n) is 3.40. The summed E-state index contributed by atoms with van der Waals surface area (Å²) < 4.78 is 0. The van der Waals surface area contributed by atoms with Crippen LogP contribution in [0.15, 0.2) is 12.2 Å². The largest absolute Gasteiger partial charge is 0.0996 e. The molecule has 2 unspecified atom stereocenters. The summed E-state index contributed by atoms with van der Waals surface area (Å²) in [4.78, 5) is 0. The van der Waals surface area contributed by atoms with E-state index in [4.69, 9.17) is 0 Å². The summed E-state index contributed by atoms with van der Waals surface area (Å²) in [6, 6.07) is 0. The molecule has 0 amide bonds. The second-order valence-corrected chi connectivity index (χ2v) is 5.42. The van der Waals surface area contributed by atoms with Crippen LogP contribution in [0.3, 0.4) is 0 Å². The van der Waals surface area contributed by atoms with E-state index in [1.807, 2.05) is 0 Å². The van der Waals surface area contributed by atoms with Gasteiger partial charge in [0.25, 0.3) is 0 Å². The van der Waals surface area contributed by atoms with Crippen molar-refractivity contribution in [1.82, 2.24) is 0 Å². The van der Waals surface area contributed by atoms with E-state index < -0.39 is 0 Å². The Balaban J connectivity index is 5.15. The molecule has 96 valence electrons. The third kappa shape index (κ3) is 3.12. The highest BCUT2D eigenvalue weighted by Gasteiger charge is 2.38. The summed E-state index contributed by atoms with van der Waals surface area (Å²) in [6.07, 6.45) is 6.43. The number of rotatable bonds is 8. The first-order valence-electron chi connectivity index (χ1n) is 7.15. The van der Waals surface area contributed by atoms with Crippen molar-refractivity contribution in [2.24, 2.45) is 17.3 Å². The van der Waals surface area contributed by atoms with E-state index in [2.05, 4.69) is 48.1 Å². The van der Waals surface area contributed by atoms with E-state index in [1.165, 1.54) is 37.7 Å². The summed E-state index contributed by atoms with van der Waals surface area (Å²) in [6.45, 7) is 18.2. The highest BCUT2D eigenvalue weighted by molar-refractivity contribution is 5.10. The van der Waals surface area contributed by atoms with Crippen LogP contribution in [0.1, 0.15) is 73.6 Å². The highest BCUT2D eigenvalue weighted by Crippen LogP contribution is 2.47. The Labute approximate surface area is 104 Å². The first-order valence-corrected chi connectivity index (χ1v) is 7.15. The van der Waals surface area contributed by atoms with Crippen LogP contribution >= 0.6 is 0 Å². The predicted octanol–water partition coefficient (Wildman–Crippen LogP) is 5.83. The van der Waals surface area contributed by atoms with Crippen LogP contribution in [0.25, 0.3) is 0 Å². The molecule has 0 saturated carbocycles. The van der Waals surface area contributed by atoms with Crippen LogP contribution in [0.2, 0.25) is 0 Å². The Bertz CT molecular complexity index is 198. The minimum atomic E-state index is 0.380. The van der Waals surface area contributed by atoms with Gasteiger partial charge in [0.15, 0.2) is 0 Å². The zero-order chi connectivity index (χ0) is 12.8. The van der Waals surface area contributed by atoms with E-state index in [-0.39, 0.29) is 0 Å². The van der Waals surface area contributed by atoms with Gasteiger partial charge in [0.2, 0.25) is 0 Å². The van der Waals surface area contributed by atoms with Gasteiger partial charge in [-0.25, -0.2) is 0 Å². The van der Waals surface area contributed by atoms with Crippen molar-refractivity contribution in [1.29, 1.82) is 0 Å². The zero-order valence-corrected chi connectivity index (χ0v) is 12.4. The minimum absolute atomic E-state index is 0.380. The molecule has 0 aliphatic carbocycles. The van der Waals surface area contributed by atoms with Crippen molar-refractivity contribution in [3.63, 3.8) is 0 Å². The van der Waals surface area contributed by atoms with Gasteiger partial charge in [-0.05, 0) is 43.4 Å². The Morgan fingerprint density at radius 3 is 1.88 bits per heavy atom. The third-order valence-electron chi connectivity index (χ3n) is 4.75. The Morgan fingerprint density at radius 2 is 1.62 bits per heavy atom. The summed E-state index contributed by atoms with van der Waals surface area (Å²) in [5, 5.41) is 0. The molecule has 0 spiro atoms. The lowest BCUT2D eigenvalue weighted by Gasteiger charge is -2.44. The van der Waals surface area contributed by atoms with E-state index in [9.17, 15) is 0 Å². The molecule has 0 fully saturated rings. The fourth-order valence-corrected chi connectivity index (χ4v) is 3.40. The molecule has 0 rings (SSSR count). The molecule has 16 heavy (non-hydrogen) atoms. The molecule has 0 saturated heterocycles. The summed E-state index contributed by atoms with van der Waals surface area (Å²) in [5.74, 6) is 1.63. The number of hydrogen-bond donors (Lipinski definition) is 0. The van der Waals surface area contributed by atoms with Crippen molar-refractivity contribution in [2.45, 2.75) is 73.6 Å². The third-order valence-corrected chi connectivity index (χ3v) is 4.75. The van der Waals surface area contributed by atoms with Crippen molar-refractivity contribution in [2.75, 3.05) is 0 Å². The van der Waals surface area contributed by atoms with E-state index >= 15 is 0 Å². The van der Waals surface area contributed by atoms with Crippen molar-refractivity contribution in [3.05, 3.63) is 12.2 Å². The molecule has 0 aromatic heterocycles. The van der Waals surface area contributed by atoms with Gasteiger partial charge in [0.05, 0.1) is 0 Å². The van der Waals surface area contributed by atoms with Crippen molar-refractivity contribution in [3.8, 4) is 0 Å². The quantitative estimate of drug-likeness (QED) is 0.455. The van der Waals surface area contributed by atoms with Crippen molar-refractivity contribution >= 4 is 0 Å². The lowest BCUT2D eigenvalue weighted by atomic mass is 9.61. The van der Waals surface area contributed by atoms with E-state index in [0.29, 0.717) is 5.41 Å². The lowest BCUT2D eigenvalue weighted by molar-refractivity contribution is 0.120. The zero-order valence-electron chi connectivity index (χ0n) is 12.4. The smallest absolute Gasteiger partial charge is 0.00680 e. The topological polar surface area (TPSA) is 0 Å². The van der Waals surface area contributed by atoms with Gasteiger partial charge < -0.3 is 0 Å². The molecule has 0 nitrogen and oxygen atoms in total. The maximum atomic E-state index is 4.29. The van der Waals surface area contributed by atoms with Gasteiger partial charge in [-0.1, -0.05) is 59.6 Å². The second-order valence-electron chi connectivity index (χ2n) is 5.42. The van der Waals surface area contributed by atoms with Crippen LogP contribution in [0.4, 0.5) is 0 Å². The van der Waals surface area contributed by atoms with Gasteiger partial charge >= 0.3 is 0 Å². The Morgan fingerprint density at radius 1 is 1.12 bits per heavy atom. The molecule has 0 aliphatic heterocycles. The maximum Gasteiger partial charge on any atom is -0.00680 e. The van der Waals surface area contributed by atoms with E-state index in [1.54, 1.807) is 0 Å². The molecule has 2 atom stereocenters. The van der Waals surface area contributed by atoms with Crippen LogP contribution in [-0.4, -0.2) is 0 Å².